The van der Waals surface area contributed by atoms with E-state index < -0.39 is 41.8 Å². The zero-order valence-electron chi connectivity index (χ0n) is 8.94. The van der Waals surface area contributed by atoms with Gasteiger partial charge in [0.2, 0.25) is 5.88 Å². The maximum atomic E-state index is 12.6. The minimum Gasteiger partial charge on any atom is -0.391 e. The van der Waals surface area contributed by atoms with Crippen LogP contribution in [0.2, 0.25) is 0 Å². The van der Waals surface area contributed by atoms with Crippen LogP contribution in [0.15, 0.2) is 6.07 Å². The number of hydrogen-bond acceptors (Lipinski definition) is 3. The van der Waals surface area contributed by atoms with Gasteiger partial charge >= 0.3 is 12.5 Å². The van der Waals surface area contributed by atoms with E-state index in [0.29, 0.717) is 0 Å². The molecule has 0 saturated heterocycles. The Morgan fingerprint density at radius 3 is 2.11 bits per heavy atom. The molecule has 3 nitrogen and oxygen atoms in total. The van der Waals surface area contributed by atoms with Crippen LogP contribution in [0.1, 0.15) is 16.8 Å². The van der Waals surface area contributed by atoms with E-state index in [1.165, 1.54) is 0 Å². The van der Waals surface area contributed by atoms with E-state index in [-0.39, 0.29) is 5.33 Å². The normalized spacial score (nSPS) is 12.6. The second-order valence-corrected chi connectivity index (χ2v) is 3.86. The number of nitrogens with zero attached hydrogens (tertiary/aromatic N) is 1. The van der Waals surface area contributed by atoms with Crippen molar-refractivity contribution < 1.29 is 36.2 Å². The number of hydrogen-bond donors (Lipinski definition) is 1. The van der Waals surface area contributed by atoms with E-state index in [9.17, 15) is 26.3 Å². The number of aliphatic hydroxyl groups excluding tert-OH is 1. The molecule has 108 valence electrons. The van der Waals surface area contributed by atoms with Crippen LogP contribution in [-0.2, 0) is 18.1 Å². The first kappa shape index (κ1) is 16.0. The van der Waals surface area contributed by atoms with Gasteiger partial charge in [0.05, 0.1) is 6.61 Å². The number of aromatic nitrogens is 1. The lowest BCUT2D eigenvalue weighted by Crippen LogP contribution is -2.21. The Morgan fingerprint density at radius 2 is 1.74 bits per heavy atom. The van der Waals surface area contributed by atoms with Gasteiger partial charge in [0.25, 0.3) is 0 Å². The molecule has 0 aromatic carbocycles. The van der Waals surface area contributed by atoms with E-state index in [2.05, 4.69) is 25.7 Å². The zero-order chi connectivity index (χ0) is 14.8. The summed E-state index contributed by atoms with van der Waals surface area (Å²) in [6, 6.07) is 0.756. The van der Waals surface area contributed by atoms with E-state index >= 15 is 0 Å². The highest BCUT2D eigenvalue weighted by Crippen LogP contribution is 2.35. The molecule has 0 unspecified atom stereocenters. The molecule has 10 heteroatoms. The van der Waals surface area contributed by atoms with Gasteiger partial charge in [-0.25, -0.2) is 4.98 Å². The average Bonchev–Trinajstić information content (AvgIpc) is 2.25. The minimum atomic E-state index is -5.20. The third kappa shape index (κ3) is 4.23. The number of halogens is 7. The SMILES string of the molecule is OCc1cc(CBr)c(C(F)(F)F)nc1OC(F)(F)F. The Bertz CT molecular complexity index is 459. The monoisotopic (exact) mass is 353 g/mol. The fourth-order valence-electron chi connectivity index (χ4n) is 1.24. The summed E-state index contributed by atoms with van der Waals surface area (Å²) in [6.45, 7) is -0.934. The molecule has 0 bridgehead atoms. The second-order valence-electron chi connectivity index (χ2n) is 3.30. The van der Waals surface area contributed by atoms with E-state index in [4.69, 9.17) is 5.11 Å². The molecule has 1 N–H and O–H groups in total. The summed E-state index contributed by atoms with van der Waals surface area (Å²) in [5.41, 5.74) is -2.38. The van der Waals surface area contributed by atoms with Crippen molar-refractivity contribution in [2.75, 3.05) is 0 Å². The molecule has 19 heavy (non-hydrogen) atoms. The summed E-state index contributed by atoms with van der Waals surface area (Å²) < 4.78 is 77.3. The highest BCUT2D eigenvalue weighted by Gasteiger charge is 2.38. The molecule has 0 saturated carbocycles. The van der Waals surface area contributed by atoms with Crippen molar-refractivity contribution >= 4 is 15.9 Å². The molecule has 0 radical (unpaired) electrons. The summed E-state index contributed by atoms with van der Waals surface area (Å²) in [5, 5.41) is 8.56. The van der Waals surface area contributed by atoms with Crippen molar-refractivity contribution in [2.45, 2.75) is 24.5 Å². The molecule has 0 atom stereocenters. The van der Waals surface area contributed by atoms with Crippen LogP contribution >= 0.6 is 15.9 Å². The van der Waals surface area contributed by atoms with Crippen molar-refractivity contribution in [3.05, 3.63) is 22.9 Å². The van der Waals surface area contributed by atoms with Crippen LogP contribution < -0.4 is 4.74 Å². The largest absolute Gasteiger partial charge is 0.574 e. The fraction of sp³-hybridized carbons (Fsp3) is 0.444. The topological polar surface area (TPSA) is 42.4 Å². The van der Waals surface area contributed by atoms with Crippen LogP contribution in [0.3, 0.4) is 0 Å². The Hall–Kier alpha value is -1.03. The summed E-state index contributed by atoms with van der Waals surface area (Å²) in [6.07, 6.45) is -10.1. The van der Waals surface area contributed by atoms with Gasteiger partial charge in [-0.1, -0.05) is 15.9 Å². The van der Waals surface area contributed by atoms with Crippen molar-refractivity contribution in [1.29, 1.82) is 0 Å². The quantitative estimate of drug-likeness (QED) is 0.669. The maximum Gasteiger partial charge on any atom is 0.574 e. The Kier molecular flexibility index (Phi) is 4.67. The first-order valence-corrected chi connectivity index (χ1v) is 5.73. The minimum absolute atomic E-state index is 0.284. The van der Waals surface area contributed by atoms with Gasteiger partial charge in [0.15, 0.2) is 5.69 Å². The lowest BCUT2D eigenvalue weighted by Gasteiger charge is -2.16. The van der Waals surface area contributed by atoms with Gasteiger partial charge in [-0.05, 0) is 11.6 Å². The first-order chi connectivity index (χ1) is 8.58. The average molecular weight is 354 g/mol. The van der Waals surface area contributed by atoms with Gasteiger partial charge in [0, 0.05) is 10.9 Å². The van der Waals surface area contributed by atoms with Gasteiger partial charge in [-0.3, -0.25) is 0 Å². The number of pyridine rings is 1. The molecule has 0 aliphatic carbocycles. The van der Waals surface area contributed by atoms with Crippen LogP contribution in [0.25, 0.3) is 0 Å². The molecule has 1 heterocycles. The molecule has 0 amide bonds. The summed E-state index contributed by atoms with van der Waals surface area (Å²) in [5.74, 6) is -1.31. The molecular formula is C9H6BrF6NO2. The molecule has 0 fully saturated rings. The van der Waals surface area contributed by atoms with Gasteiger partial charge in [-0.2, -0.15) is 13.2 Å². The molecule has 1 rings (SSSR count). The third-order valence-electron chi connectivity index (χ3n) is 1.94. The van der Waals surface area contributed by atoms with E-state index in [1.54, 1.807) is 0 Å². The second kappa shape index (κ2) is 5.53. The Morgan fingerprint density at radius 1 is 1.16 bits per heavy atom. The summed E-state index contributed by atoms with van der Waals surface area (Å²) >= 11 is 2.77. The molecule has 0 aliphatic rings. The number of ether oxygens (including phenoxy) is 1. The smallest absolute Gasteiger partial charge is 0.391 e. The fourth-order valence-corrected chi connectivity index (χ4v) is 1.67. The van der Waals surface area contributed by atoms with Crippen LogP contribution in [0, 0.1) is 0 Å². The lowest BCUT2D eigenvalue weighted by atomic mass is 10.1. The molecular weight excluding hydrogens is 348 g/mol. The van der Waals surface area contributed by atoms with Crippen molar-refractivity contribution in [3.8, 4) is 5.88 Å². The highest BCUT2D eigenvalue weighted by atomic mass is 79.9. The van der Waals surface area contributed by atoms with Gasteiger partial charge in [-0.15, -0.1) is 13.2 Å². The van der Waals surface area contributed by atoms with Crippen LogP contribution in [0.5, 0.6) is 5.88 Å². The van der Waals surface area contributed by atoms with Crippen molar-refractivity contribution in [2.24, 2.45) is 0 Å². The molecule has 0 aliphatic heterocycles. The predicted molar refractivity (Wildman–Crippen MR) is 54.5 cm³/mol. The summed E-state index contributed by atoms with van der Waals surface area (Å²) in [7, 11) is 0. The lowest BCUT2D eigenvalue weighted by molar-refractivity contribution is -0.276. The molecule has 1 aromatic rings. The van der Waals surface area contributed by atoms with Crippen molar-refractivity contribution in [1.82, 2.24) is 4.98 Å². The number of alkyl halides is 7. The number of rotatable bonds is 3. The first-order valence-electron chi connectivity index (χ1n) is 4.61. The van der Waals surface area contributed by atoms with E-state index in [0.717, 1.165) is 6.07 Å². The van der Waals surface area contributed by atoms with Crippen LogP contribution in [0.4, 0.5) is 26.3 Å². The van der Waals surface area contributed by atoms with E-state index in [1.807, 2.05) is 0 Å². The van der Waals surface area contributed by atoms with Crippen LogP contribution in [-0.4, -0.2) is 16.5 Å². The highest BCUT2D eigenvalue weighted by molar-refractivity contribution is 9.08. The predicted octanol–water partition coefficient (Wildman–Crippen LogP) is 3.39. The Balaban J connectivity index is 3.38. The van der Waals surface area contributed by atoms with Gasteiger partial charge < -0.3 is 9.84 Å². The molecule has 0 spiro atoms. The molecule has 1 aromatic heterocycles. The Labute approximate surface area is 111 Å². The van der Waals surface area contributed by atoms with Gasteiger partial charge in [0.1, 0.15) is 0 Å². The zero-order valence-corrected chi connectivity index (χ0v) is 10.5. The number of aliphatic hydroxyl groups is 1. The maximum absolute atomic E-state index is 12.6. The third-order valence-corrected chi connectivity index (χ3v) is 2.54. The van der Waals surface area contributed by atoms with Crippen molar-refractivity contribution in [3.63, 3.8) is 0 Å². The standard InChI is InChI=1S/C9H6BrF6NO2/c10-2-4-1-5(3-18)7(19-9(14,15)16)17-6(4)8(11,12)13/h1,18H,2-3H2. The summed E-state index contributed by atoms with van der Waals surface area (Å²) in [4.78, 5) is 2.81.